The Hall–Kier alpha value is -3.64. The van der Waals surface area contributed by atoms with E-state index in [1.807, 2.05) is 73.7 Å². The Morgan fingerprint density at radius 3 is 2.64 bits per heavy atom. The van der Waals surface area contributed by atoms with Crippen molar-refractivity contribution in [1.82, 2.24) is 10.1 Å². The molecule has 33 heavy (non-hydrogen) atoms. The summed E-state index contributed by atoms with van der Waals surface area (Å²) >= 11 is 6.06. The lowest BCUT2D eigenvalue weighted by atomic mass is 10.1. The van der Waals surface area contributed by atoms with Crippen LogP contribution < -0.4 is 9.64 Å². The molecule has 0 radical (unpaired) electrons. The minimum Gasteiger partial charge on any atom is -0.489 e. The summed E-state index contributed by atoms with van der Waals surface area (Å²) in [5.41, 5.74) is 3.75. The lowest BCUT2D eigenvalue weighted by molar-refractivity contribution is -0.117. The van der Waals surface area contributed by atoms with Gasteiger partial charge in [0.2, 0.25) is 17.6 Å². The van der Waals surface area contributed by atoms with Crippen LogP contribution in [0.1, 0.15) is 29.4 Å². The van der Waals surface area contributed by atoms with Gasteiger partial charge in [0.25, 0.3) is 0 Å². The molecule has 1 aromatic heterocycles. The SMILES string of the molecule is Cc1cc(Cl)ccc1N1CC(c2nc(-c3ccc(OCc4ccccc4)cc3)no2)CC1=O. The lowest BCUT2D eigenvalue weighted by Crippen LogP contribution is -2.25. The third kappa shape index (κ3) is 4.61. The van der Waals surface area contributed by atoms with Crippen molar-refractivity contribution in [1.29, 1.82) is 0 Å². The second-order valence-corrected chi connectivity index (χ2v) is 8.53. The topological polar surface area (TPSA) is 68.5 Å². The minimum atomic E-state index is -0.151. The summed E-state index contributed by atoms with van der Waals surface area (Å²) in [5, 5.41) is 4.78. The number of hydrogen-bond donors (Lipinski definition) is 0. The maximum absolute atomic E-state index is 12.7. The lowest BCUT2D eigenvalue weighted by Gasteiger charge is -2.18. The smallest absolute Gasteiger partial charge is 0.232 e. The van der Waals surface area contributed by atoms with E-state index in [9.17, 15) is 4.79 Å². The molecule has 1 aliphatic rings. The highest BCUT2D eigenvalue weighted by Crippen LogP contribution is 2.34. The van der Waals surface area contributed by atoms with Gasteiger partial charge in [-0.3, -0.25) is 4.79 Å². The average molecular weight is 460 g/mol. The van der Waals surface area contributed by atoms with Crippen LogP contribution >= 0.6 is 11.6 Å². The van der Waals surface area contributed by atoms with Crippen LogP contribution in [0.2, 0.25) is 5.02 Å². The van der Waals surface area contributed by atoms with Gasteiger partial charge in [-0.15, -0.1) is 0 Å². The maximum Gasteiger partial charge on any atom is 0.232 e. The monoisotopic (exact) mass is 459 g/mol. The first-order valence-electron chi connectivity index (χ1n) is 10.7. The molecule has 1 unspecified atom stereocenters. The maximum atomic E-state index is 12.7. The Labute approximate surface area is 196 Å². The number of amides is 1. The molecule has 0 saturated carbocycles. The van der Waals surface area contributed by atoms with Crippen molar-refractivity contribution in [2.45, 2.75) is 25.9 Å². The number of halogens is 1. The van der Waals surface area contributed by atoms with Gasteiger partial charge in [0.05, 0.1) is 5.92 Å². The summed E-state index contributed by atoms with van der Waals surface area (Å²) in [4.78, 5) is 19.0. The van der Waals surface area contributed by atoms with Crippen LogP contribution in [0, 0.1) is 6.92 Å². The highest BCUT2D eigenvalue weighted by molar-refractivity contribution is 6.30. The molecule has 6 nitrogen and oxygen atoms in total. The zero-order valence-corrected chi connectivity index (χ0v) is 18.8. The average Bonchev–Trinajstić information content (AvgIpc) is 3.46. The fourth-order valence-electron chi connectivity index (χ4n) is 3.99. The van der Waals surface area contributed by atoms with Crippen molar-refractivity contribution in [2.75, 3.05) is 11.4 Å². The van der Waals surface area contributed by atoms with Crippen molar-refractivity contribution in [3.63, 3.8) is 0 Å². The van der Waals surface area contributed by atoms with Crippen molar-refractivity contribution >= 4 is 23.2 Å². The highest BCUT2D eigenvalue weighted by Gasteiger charge is 2.35. The molecule has 1 saturated heterocycles. The van der Waals surface area contributed by atoms with Crippen LogP contribution in [0.5, 0.6) is 5.75 Å². The van der Waals surface area contributed by atoms with Crippen LogP contribution in [0.4, 0.5) is 5.69 Å². The number of carbonyl (C=O) groups excluding carboxylic acids is 1. The standard InChI is InChI=1S/C26H22ClN3O3/c1-17-13-21(27)9-12-23(17)30-15-20(14-24(30)31)26-28-25(29-33-26)19-7-10-22(11-8-19)32-16-18-5-3-2-4-6-18/h2-13,20H,14-16H2,1H3. The third-order valence-electron chi connectivity index (χ3n) is 5.73. The Morgan fingerprint density at radius 2 is 1.88 bits per heavy atom. The molecule has 0 N–H and O–H groups in total. The fourth-order valence-corrected chi connectivity index (χ4v) is 4.21. The van der Waals surface area contributed by atoms with E-state index in [0.717, 1.165) is 28.1 Å². The molecule has 7 heteroatoms. The molecule has 0 aliphatic carbocycles. The number of benzene rings is 3. The number of aromatic nitrogens is 2. The second kappa shape index (κ2) is 9.08. The summed E-state index contributed by atoms with van der Waals surface area (Å²) in [6.45, 7) is 2.95. The largest absolute Gasteiger partial charge is 0.489 e. The predicted octanol–water partition coefficient (Wildman–Crippen LogP) is 5.80. The van der Waals surface area contributed by atoms with Gasteiger partial charge in [-0.1, -0.05) is 47.1 Å². The van der Waals surface area contributed by atoms with Crippen molar-refractivity contribution in [3.8, 4) is 17.1 Å². The number of rotatable bonds is 6. The summed E-state index contributed by atoms with van der Waals surface area (Å²) in [5.74, 6) is 1.61. The predicted molar refractivity (Wildman–Crippen MR) is 126 cm³/mol. The molecule has 4 aromatic rings. The van der Waals surface area contributed by atoms with Gasteiger partial charge in [-0.05, 0) is 60.5 Å². The van der Waals surface area contributed by atoms with E-state index in [1.165, 1.54) is 0 Å². The minimum absolute atomic E-state index is 0.0325. The molecule has 166 valence electrons. The van der Waals surface area contributed by atoms with E-state index in [2.05, 4.69) is 10.1 Å². The quantitative estimate of drug-likeness (QED) is 0.364. The van der Waals surface area contributed by atoms with Gasteiger partial charge in [0, 0.05) is 29.2 Å². The molecule has 0 spiro atoms. The van der Waals surface area contributed by atoms with E-state index < -0.39 is 0 Å². The van der Waals surface area contributed by atoms with E-state index in [4.69, 9.17) is 20.9 Å². The first kappa shape index (κ1) is 21.2. The Morgan fingerprint density at radius 1 is 1.09 bits per heavy atom. The van der Waals surface area contributed by atoms with Crippen molar-refractivity contribution in [2.24, 2.45) is 0 Å². The summed E-state index contributed by atoms with van der Waals surface area (Å²) in [6, 6.07) is 23.1. The molecule has 3 aromatic carbocycles. The van der Waals surface area contributed by atoms with E-state index in [1.54, 1.807) is 11.0 Å². The van der Waals surface area contributed by atoms with Crippen LogP contribution in [-0.2, 0) is 11.4 Å². The number of carbonyl (C=O) groups is 1. The molecular formula is C26H22ClN3O3. The van der Waals surface area contributed by atoms with Gasteiger partial charge < -0.3 is 14.2 Å². The molecule has 1 amide bonds. The summed E-state index contributed by atoms with van der Waals surface area (Å²) < 4.78 is 11.4. The normalized spacial score (nSPS) is 15.8. The van der Waals surface area contributed by atoms with Gasteiger partial charge in [0.15, 0.2) is 0 Å². The Balaban J connectivity index is 1.26. The first-order chi connectivity index (χ1) is 16.1. The fraction of sp³-hybridized carbons (Fsp3) is 0.192. The Bertz CT molecular complexity index is 1270. The van der Waals surface area contributed by atoms with Gasteiger partial charge in [-0.2, -0.15) is 4.98 Å². The van der Waals surface area contributed by atoms with E-state index in [0.29, 0.717) is 36.3 Å². The van der Waals surface area contributed by atoms with Crippen LogP contribution in [-0.4, -0.2) is 22.6 Å². The molecule has 0 bridgehead atoms. The van der Waals surface area contributed by atoms with Crippen LogP contribution in [0.15, 0.2) is 77.3 Å². The van der Waals surface area contributed by atoms with E-state index in [-0.39, 0.29) is 11.8 Å². The third-order valence-corrected chi connectivity index (χ3v) is 5.96. The molecular weight excluding hydrogens is 438 g/mol. The zero-order chi connectivity index (χ0) is 22.8. The zero-order valence-electron chi connectivity index (χ0n) is 18.1. The number of anilines is 1. The van der Waals surface area contributed by atoms with Crippen molar-refractivity contribution in [3.05, 3.63) is 94.8 Å². The van der Waals surface area contributed by atoms with Crippen LogP contribution in [0.25, 0.3) is 11.4 Å². The second-order valence-electron chi connectivity index (χ2n) is 8.09. The van der Waals surface area contributed by atoms with Gasteiger partial charge >= 0.3 is 0 Å². The molecule has 1 fully saturated rings. The number of aryl methyl sites for hydroxylation is 1. The number of hydrogen-bond acceptors (Lipinski definition) is 5. The van der Waals surface area contributed by atoms with E-state index >= 15 is 0 Å². The molecule has 2 heterocycles. The Kier molecular flexibility index (Phi) is 5.84. The number of ether oxygens (including phenoxy) is 1. The summed E-state index contributed by atoms with van der Waals surface area (Å²) in [7, 11) is 0. The summed E-state index contributed by atoms with van der Waals surface area (Å²) in [6.07, 6.45) is 0.329. The van der Waals surface area contributed by atoms with Gasteiger partial charge in [-0.25, -0.2) is 0 Å². The molecule has 1 aliphatic heterocycles. The van der Waals surface area contributed by atoms with Crippen LogP contribution in [0.3, 0.4) is 0 Å². The molecule has 1 atom stereocenters. The van der Waals surface area contributed by atoms with Crippen molar-refractivity contribution < 1.29 is 14.1 Å². The van der Waals surface area contributed by atoms with Gasteiger partial charge in [0.1, 0.15) is 12.4 Å². The first-order valence-corrected chi connectivity index (χ1v) is 11.1. The highest BCUT2D eigenvalue weighted by atomic mass is 35.5. The molecule has 5 rings (SSSR count). The number of nitrogens with zero attached hydrogens (tertiary/aromatic N) is 3.